The molecule has 0 aromatic carbocycles. The zero-order chi connectivity index (χ0) is 14.5. The quantitative estimate of drug-likeness (QED) is 0.763. The van der Waals surface area contributed by atoms with Crippen molar-refractivity contribution in [2.75, 3.05) is 6.54 Å². The van der Waals surface area contributed by atoms with Gasteiger partial charge in [0, 0.05) is 30.2 Å². The Morgan fingerprint density at radius 2 is 2.11 bits per heavy atom. The van der Waals surface area contributed by atoms with Crippen molar-refractivity contribution in [2.24, 2.45) is 0 Å². The Labute approximate surface area is 117 Å². The van der Waals surface area contributed by atoms with Crippen LogP contribution in [0.1, 0.15) is 45.9 Å². The third-order valence-corrected chi connectivity index (χ3v) is 3.17. The first-order valence-electron chi connectivity index (χ1n) is 6.99. The molecular formula is C16H28N2O. The van der Waals surface area contributed by atoms with Gasteiger partial charge in [-0.3, -0.25) is 4.90 Å². The lowest BCUT2D eigenvalue weighted by atomic mass is 10.1. The van der Waals surface area contributed by atoms with Gasteiger partial charge in [0.15, 0.2) is 0 Å². The predicted molar refractivity (Wildman–Crippen MR) is 81.0 cm³/mol. The maximum atomic E-state index is 5.65. The summed E-state index contributed by atoms with van der Waals surface area (Å²) in [5, 5.41) is 3.43. The fraction of sp³-hybridized carbons (Fsp3) is 0.625. The Morgan fingerprint density at radius 1 is 1.42 bits per heavy atom. The zero-order valence-electron chi connectivity index (χ0n) is 13.0. The number of nitrogens with zero attached hydrogens (tertiary/aromatic N) is 1. The van der Waals surface area contributed by atoms with Crippen LogP contribution in [-0.4, -0.2) is 23.0 Å². The van der Waals surface area contributed by atoms with E-state index in [1.54, 1.807) is 6.26 Å². The Kier molecular flexibility index (Phi) is 5.83. The summed E-state index contributed by atoms with van der Waals surface area (Å²) in [6, 6.07) is 2.54. The van der Waals surface area contributed by atoms with Gasteiger partial charge < -0.3 is 9.73 Å². The second-order valence-electron chi connectivity index (χ2n) is 6.24. The standard InChI is InChI=1S/C16H28N2O/c1-7-9-18(16(4,5)6)12-15-14(8-10-19-15)11-17-13(2)3/h7-8,10,13,17H,1,9,11-12H2,2-6H3. The highest BCUT2D eigenvalue weighted by molar-refractivity contribution is 5.17. The highest BCUT2D eigenvalue weighted by atomic mass is 16.3. The molecule has 1 heterocycles. The average molecular weight is 264 g/mol. The van der Waals surface area contributed by atoms with E-state index < -0.39 is 0 Å². The van der Waals surface area contributed by atoms with Crippen molar-refractivity contribution in [3.8, 4) is 0 Å². The Bertz CT molecular complexity index is 388. The molecule has 0 bridgehead atoms. The molecule has 108 valence electrons. The van der Waals surface area contributed by atoms with Crippen LogP contribution in [0.25, 0.3) is 0 Å². The van der Waals surface area contributed by atoms with Crippen LogP contribution < -0.4 is 5.32 Å². The first-order chi connectivity index (χ1) is 8.84. The molecular weight excluding hydrogens is 236 g/mol. The van der Waals surface area contributed by atoms with Crippen molar-refractivity contribution in [3.05, 3.63) is 36.3 Å². The van der Waals surface area contributed by atoms with E-state index in [-0.39, 0.29) is 5.54 Å². The van der Waals surface area contributed by atoms with Crippen LogP contribution in [0.4, 0.5) is 0 Å². The monoisotopic (exact) mass is 264 g/mol. The molecule has 0 fully saturated rings. The number of hydrogen-bond donors (Lipinski definition) is 1. The molecule has 0 aliphatic heterocycles. The summed E-state index contributed by atoms with van der Waals surface area (Å²) in [4.78, 5) is 2.36. The summed E-state index contributed by atoms with van der Waals surface area (Å²) < 4.78 is 5.65. The maximum Gasteiger partial charge on any atom is 0.122 e. The lowest BCUT2D eigenvalue weighted by Crippen LogP contribution is -2.41. The first kappa shape index (κ1) is 16.0. The fourth-order valence-corrected chi connectivity index (χ4v) is 1.88. The molecule has 1 aromatic rings. The molecule has 0 amide bonds. The van der Waals surface area contributed by atoms with Crippen molar-refractivity contribution in [2.45, 2.75) is 59.3 Å². The van der Waals surface area contributed by atoms with Gasteiger partial charge in [0.1, 0.15) is 5.76 Å². The molecule has 0 aliphatic carbocycles. The first-order valence-corrected chi connectivity index (χ1v) is 6.99. The van der Waals surface area contributed by atoms with Crippen LogP contribution in [0.15, 0.2) is 29.4 Å². The van der Waals surface area contributed by atoms with Crippen molar-refractivity contribution >= 4 is 0 Å². The molecule has 3 nitrogen and oxygen atoms in total. The summed E-state index contributed by atoms with van der Waals surface area (Å²) in [7, 11) is 0. The van der Waals surface area contributed by atoms with Crippen LogP contribution in [0.2, 0.25) is 0 Å². The minimum atomic E-state index is 0.101. The maximum absolute atomic E-state index is 5.65. The minimum Gasteiger partial charge on any atom is -0.468 e. The molecule has 0 radical (unpaired) electrons. The van der Waals surface area contributed by atoms with Crippen molar-refractivity contribution in [3.63, 3.8) is 0 Å². The normalized spacial score (nSPS) is 12.4. The van der Waals surface area contributed by atoms with E-state index in [1.165, 1.54) is 5.56 Å². The molecule has 0 aliphatic rings. The van der Waals surface area contributed by atoms with Gasteiger partial charge in [-0.1, -0.05) is 19.9 Å². The van der Waals surface area contributed by atoms with E-state index in [9.17, 15) is 0 Å². The van der Waals surface area contributed by atoms with E-state index in [1.807, 2.05) is 6.08 Å². The largest absolute Gasteiger partial charge is 0.468 e. The van der Waals surface area contributed by atoms with Crippen LogP contribution in [-0.2, 0) is 13.1 Å². The smallest absolute Gasteiger partial charge is 0.122 e. The van der Waals surface area contributed by atoms with Crippen molar-refractivity contribution < 1.29 is 4.42 Å². The molecule has 0 atom stereocenters. The summed E-state index contributed by atoms with van der Waals surface area (Å²) in [5.74, 6) is 1.05. The second-order valence-corrected chi connectivity index (χ2v) is 6.24. The van der Waals surface area contributed by atoms with Gasteiger partial charge in [-0.2, -0.15) is 0 Å². The lowest BCUT2D eigenvalue weighted by Gasteiger charge is -2.34. The van der Waals surface area contributed by atoms with Gasteiger partial charge in [-0.15, -0.1) is 6.58 Å². The van der Waals surface area contributed by atoms with E-state index in [0.717, 1.165) is 25.4 Å². The van der Waals surface area contributed by atoms with E-state index >= 15 is 0 Å². The summed E-state index contributed by atoms with van der Waals surface area (Å²) in [6.45, 7) is 17.3. The van der Waals surface area contributed by atoms with Gasteiger partial charge in [0.25, 0.3) is 0 Å². The van der Waals surface area contributed by atoms with Crippen molar-refractivity contribution in [1.82, 2.24) is 10.2 Å². The molecule has 3 heteroatoms. The van der Waals surface area contributed by atoms with Gasteiger partial charge in [0.05, 0.1) is 12.8 Å². The van der Waals surface area contributed by atoms with Crippen LogP contribution in [0.5, 0.6) is 0 Å². The summed E-state index contributed by atoms with van der Waals surface area (Å²) in [5.41, 5.74) is 1.34. The SMILES string of the molecule is C=CCN(Cc1occc1CNC(C)C)C(C)(C)C. The molecule has 0 spiro atoms. The summed E-state index contributed by atoms with van der Waals surface area (Å²) >= 11 is 0. The molecule has 0 unspecified atom stereocenters. The van der Waals surface area contributed by atoms with Gasteiger partial charge >= 0.3 is 0 Å². The van der Waals surface area contributed by atoms with E-state index in [2.05, 4.69) is 57.5 Å². The highest BCUT2D eigenvalue weighted by Gasteiger charge is 2.22. The van der Waals surface area contributed by atoms with Gasteiger partial charge in [-0.25, -0.2) is 0 Å². The van der Waals surface area contributed by atoms with Crippen LogP contribution >= 0.6 is 0 Å². The van der Waals surface area contributed by atoms with Crippen molar-refractivity contribution in [1.29, 1.82) is 0 Å². The Balaban J connectivity index is 2.74. The molecule has 1 N–H and O–H groups in total. The summed E-state index contributed by atoms with van der Waals surface area (Å²) in [6.07, 6.45) is 3.72. The van der Waals surface area contributed by atoms with E-state index in [0.29, 0.717) is 6.04 Å². The Morgan fingerprint density at radius 3 is 2.63 bits per heavy atom. The number of hydrogen-bond acceptors (Lipinski definition) is 3. The average Bonchev–Trinajstić information content (AvgIpc) is 2.72. The topological polar surface area (TPSA) is 28.4 Å². The molecule has 1 aromatic heterocycles. The Hall–Kier alpha value is -1.06. The second kappa shape index (κ2) is 6.92. The van der Waals surface area contributed by atoms with Gasteiger partial charge in [0.2, 0.25) is 0 Å². The fourth-order valence-electron chi connectivity index (χ4n) is 1.88. The third-order valence-electron chi connectivity index (χ3n) is 3.17. The van der Waals surface area contributed by atoms with Crippen LogP contribution in [0.3, 0.4) is 0 Å². The lowest BCUT2D eigenvalue weighted by molar-refractivity contribution is 0.134. The molecule has 0 saturated carbocycles. The number of furan rings is 1. The highest BCUT2D eigenvalue weighted by Crippen LogP contribution is 2.20. The predicted octanol–water partition coefficient (Wildman–Crippen LogP) is 3.56. The molecule has 1 rings (SSSR count). The zero-order valence-corrected chi connectivity index (χ0v) is 13.0. The molecule has 19 heavy (non-hydrogen) atoms. The molecule has 0 saturated heterocycles. The van der Waals surface area contributed by atoms with Gasteiger partial charge in [-0.05, 0) is 26.8 Å². The number of nitrogens with one attached hydrogen (secondary N) is 1. The third kappa shape index (κ3) is 5.21. The van der Waals surface area contributed by atoms with E-state index in [4.69, 9.17) is 4.42 Å². The minimum absolute atomic E-state index is 0.101. The number of rotatable bonds is 7. The van der Waals surface area contributed by atoms with Crippen LogP contribution in [0, 0.1) is 0 Å².